The van der Waals surface area contributed by atoms with Crippen molar-refractivity contribution in [1.29, 1.82) is 0 Å². The lowest BCUT2D eigenvalue weighted by Crippen LogP contribution is -2.37. The molecule has 6 heteroatoms. The van der Waals surface area contributed by atoms with E-state index >= 15 is 0 Å². The van der Waals surface area contributed by atoms with Crippen molar-refractivity contribution in [3.05, 3.63) is 83.2 Å². The Bertz CT molecular complexity index is 930. The lowest BCUT2D eigenvalue weighted by molar-refractivity contribution is -0.120. The molecule has 0 bridgehead atoms. The lowest BCUT2D eigenvalue weighted by atomic mass is 10.1. The maximum absolute atomic E-state index is 12.5. The SMILES string of the molecule is Cc1cc(C)n(-c2ccc(C(=O)NC(C(N)=O)c3ccccc3)cc2)n1. The summed E-state index contributed by atoms with van der Waals surface area (Å²) in [5, 5.41) is 7.11. The van der Waals surface area contributed by atoms with E-state index in [9.17, 15) is 9.59 Å². The Hall–Kier alpha value is -3.41. The van der Waals surface area contributed by atoms with Crippen LogP contribution in [0.5, 0.6) is 0 Å². The molecule has 3 N–H and O–H groups in total. The van der Waals surface area contributed by atoms with Crippen molar-refractivity contribution in [3.63, 3.8) is 0 Å². The third kappa shape index (κ3) is 3.64. The highest BCUT2D eigenvalue weighted by Gasteiger charge is 2.20. The summed E-state index contributed by atoms with van der Waals surface area (Å²) in [5.74, 6) is -0.971. The highest BCUT2D eigenvalue weighted by atomic mass is 16.2. The van der Waals surface area contributed by atoms with E-state index in [1.807, 2.05) is 42.8 Å². The number of nitrogens with one attached hydrogen (secondary N) is 1. The second kappa shape index (κ2) is 7.23. The number of aromatic nitrogens is 2. The predicted molar refractivity (Wildman–Crippen MR) is 98.9 cm³/mol. The summed E-state index contributed by atoms with van der Waals surface area (Å²) in [7, 11) is 0. The molecule has 0 aliphatic heterocycles. The molecule has 1 atom stereocenters. The summed E-state index contributed by atoms with van der Waals surface area (Å²) in [6, 6.07) is 17.1. The number of nitrogens with two attached hydrogens (primary N) is 1. The molecular weight excluding hydrogens is 328 g/mol. The van der Waals surface area contributed by atoms with Gasteiger partial charge >= 0.3 is 0 Å². The molecule has 2 aromatic carbocycles. The molecule has 1 aromatic heterocycles. The van der Waals surface area contributed by atoms with Gasteiger partial charge in [-0.15, -0.1) is 0 Å². The molecule has 0 radical (unpaired) electrons. The Balaban J connectivity index is 1.79. The van der Waals surface area contributed by atoms with Gasteiger partial charge in [-0.3, -0.25) is 9.59 Å². The molecule has 1 heterocycles. The van der Waals surface area contributed by atoms with Gasteiger partial charge in [0.2, 0.25) is 5.91 Å². The van der Waals surface area contributed by atoms with Crippen molar-refractivity contribution in [3.8, 4) is 5.69 Å². The monoisotopic (exact) mass is 348 g/mol. The van der Waals surface area contributed by atoms with Crippen LogP contribution in [0.1, 0.15) is 33.4 Å². The Labute approximate surface area is 151 Å². The first-order chi connectivity index (χ1) is 12.5. The smallest absolute Gasteiger partial charge is 0.252 e. The van der Waals surface area contributed by atoms with Crippen LogP contribution in [0.4, 0.5) is 0 Å². The number of amides is 2. The quantitative estimate of drug-likeness (QED) is 0.742. The van der Waals surface area contributed by atoms with Crippen molar-refractivity contribution in [2.45, 2.75) is 19.9 Å². The van der Waals surface area contributed by atoms with Gasteiger partial charge in [0.25, 0.3) is 5.91 Å². The van der Waals surface area contributed by atoms with Gasteiger partial charge in [-0.05, 0) is 49.7 Å². The number of hydrogen-bond donors (Lipinski definition) is 2. The molecule has 3 rings (SSSR count). The largest absolute Gasteiger partial charge is 0.368 e. The molecule has 0 saturated carbocycles. The summed E-state index contributed by atoms with van der Waals surface area (Å²) in [5.41, 5.74) is 9.34. The van der Waals surface area contributed by atoms with E-state index in [0.717, 1.165) is 17.1 Å². The first-order valence-electron chi connectivity index (χ1n) is 8.24. The number of aryl methyl sites for hydroxylation is 2. The van der Waals surface area contributed by atoms with Gasteiger partial charge in [-0.2, -0.15) is 5.10 Å². The molecule has 0 saturated heterocycles. The molecule has 26 heavy (non-hydrogen) atoms. The second-order valence-corrected chi connectivity index (χ2v) is 6.11. The highest BCUT2D eigenvalue weighted by Crippen LogP contribution is 2.16. The fraction of sp³-hybridized carbons (Fsp3) is 0.150. The summed E-state index contributed by atoms with van der Waals surface area (Å²) in [6.07, 6.45) is 0. The second-order valence-electron chi connectivity index (χ2n) is 6.11. The number of nitrogens with zero attached hydrogens (tertiary/aromatic N) is 2. The van der Waals surface area contributed by atoms with Crippen LogP contribution in [-0.2, 0) is 4.79 Å². The van der Waals surface area contributed by atoms with Crippen molar-refractivity contribution >= 4 is 11.8 Å². The Morgan fingerprint density at radius 2 is 1.69 bits per heavy atom. The van der Waals surface area contributed by atoms with Gasteiger partial charge in [0.15, 0.2) is 0 Å². The van der Waals surface area contributed by atoms with Crippen LogP contribution in [-0.4, -0.2) is 21.6 Å². The Kier molecular flexibility index (Phi) is 4.84. The Morgan fingerprint density at radius 1 is 1.04 bits per heavy atom. The minimum Gasteiger partial charge on any atom is -0.368 e. The molecule has 0 fully saturated rings. The van der Waals surface area contributed by atoms with Crippen molar-refractivity contribution in [2.75, 3.05) is 0 Å². The van der Waals surface area contributed by atoms with Crippen LogP contribution in [0.15, 0.2) is 60.7 Å². The third-order valence-electron chi connectivity index (χ3n) is 4.08. The molecule has 0 aliphatic rings. The van der Waals surface area contributed by atoms with Gasteiger partial charge in [0.1, 0.15) is 6.04 Å². The summed E-state index contributed by atoms with van der Waals surface area (Å²) in [6.45, 7) is 3.90. The average Bonchev–Trinajstić information content (AvgIpc) is 2.98. The lowest BCUT2D eigenvalue weighted by Gasteiger charge is -2.16. The van der Waals surface area contributed by atoms with E-state index in [-0.39, 0.29) is 5.91 Å². The number of hydrogen-bond acceptors (Lipinski definition) is 3. The zero-order valence-electron chi connectivity index (χ0n) is 14.6. The fourth-order valence-corrected chi connectivity index (χ4v) is 2.82. The number of benzene rings is 2. The van der Waals surface area contributed by atoms with Crippen molar-refractivity contribution < 1.29 is 9.59 Å². The zero-order chi connectivity index (χ0) is 18.7. The number of carbonyl (C=O) groups is 2. The Morgan fingerprint density at radius 3 is 2.23 bits per heavy atom. The van der Waals surface area contributed by atoms with Crippen LogP contribution in [0.2, 0.25) is 0 Å². The van der Waals surface area contributed by atoms with Crippen LogP contribution < -0.4 is 11.1 Å². The van der Waals surface area contributed by atoms with E-state index in [1.165, 1.54) is 0 Å². The minimum absolute atomic E-state index is 0.363. The molecule has 3 aromatic rings. The van der Waals surface area contributed by atoms with Gasteiger partial charge in [0, 0.05) is 11.3 Å². The molecule has 132 valence electrons. The van der Waals surface area contributed by atoms with E-state index in [0.29, 0.717) is 11.1 Å². The topological polar surface area (TPSA) is 90.0 Å². The predicted octanol–water partition coefficient (Wildman–Crippen LogP) is 2.45. The minimum atomic E-state index is -0.876. The van der Waals surface area contributed by atoms with Gasteiger partial charge in [-0.25, -0.2) is 4.68 Å². The summed E-state index contributed by atoms with van der Waals surface area (Å²) in [4.78, 5) is 24.3. The summed E-state index contributed by atoms with van der Waals surface area (Å²) >= 11 is 0. The first-order valence-corrected chi connectivity index (χ1v) is 8.24. The van der Waals surface area contributed by atoms with E-state index in [2.05, 4.69) is 10.4 Å². The maximum Gasteiger partial charge on any atom is 0.252 e. The normalized spacial score (nSPS) is 11.8. The van der Waals surface area contributed by atoms with Crippen molar-refractivity contribution in [1.82, 2.24) is 15.1 Å². The molecular formula is C20H20N4O2. The molecule has 0 aliphatic carbocycles. The summed E-state index contributed by atoms with van der Waals surface area (Å²) < 4.78 is 1.81. The number of carbonyl (C=O) groups excluding carboxylic acids is 2. The van der Waals surface area contributed by atoms with E-state index in [4.69, 9.17) is 5.73 Å². The van der Waals surface area contributed by atoms with E-state index < -0.39 is 11.9 Å². The molecule has 6 nitrogen and oxygen atoms in total. The number of primary amides is 1. The first kappa shape index (κ1) is 17.4. The average molecular weight is 348 g/mol. The third-order valence-corrected chi connectivity index (χ3v) is 4.08. The highest BCUT2D eigenvalue weighted by molar-refractivity contribution is 5.97. The molecule has 2 amide bonds. The van der Waals surface area contributed by atoms with Crippen LogP contribution >= 0.6 is 0 Å². The van der Waals surface area contributed by atoms with Crippen LogP contribution in [0, 0.1) is 13.8 Å². The van der Waals surface area contributed by atoms with Gasteiger partial charge in [0.05, 0.1) is 11.4 Å². The standard InChI is InChI=1S/C20H20N4O2/c1-13-12-14(2)24(23-13)17-10-8-16(9-11-17)20(26)22-18(19(21)25)15-6-4-3-5-7-15/h3-12,18H,1-2H3,(H2,21,25)(H,22,26). The molecule has 1 unspecified atom stereocenters. The van der Waals surface area contributed by atoms with Crippen molar-refractivity contribution in [2.24, 2.45) is 5.73 Å². The number of rotatable bonds is 5. The van der Waals surface area contributed by atoms with Gasteiger partial charge in [-0.1, -0.05) is 30.3 Å². The maximum atomic E-state index is 12.5. The zero-order valence-corrected chi connectivity index (χ0v) is 14.6. The van der Waals surface area contributed by atoms with Crippen LogP contribution in [0.3, 0.4) is 0 Å². The molecule has 0 spiro atoms. The van der Waals surface area contributed by atoms with E-state index in [1.54, 1.807) is 36.4 Å². The fourth-order valence-electron chi connectivity index (χ4n) is 2.82. The van der Waals surface area contributed by atoms with Crippen LogP contribution in [0.25, 0.3) is 5.69 Å². The van der Waals surface area contributed by atoms with Gasteiger partial charge < -0.3 is 11.1 Å².